The van der Waals surface area contributed by atoms with E-state index in [4.69, 9.17) is 0 Å². The van der Waals surface area contributed by atoms with Crippen LogP contribution in [0.1, 0.15) is 23.6 Å². The van der Waals surface area contributed by atoms with E-state index in [1.807, 2.05) is 61.4 Å². The number of thiophene rings is 2. The number of nitrogens with zero attached hydrogens (tertiary/aromatic N) is 4. The van der Waals surface area contributed by atoms with Crippen LogP contribution in [-0.4, -0.2) is 32.6 Å². The molecule has 0 amide bonds. The van der Waals surface area contributed by atoms with Gasteiger partial charge in [-0.05, 0) is 49.3 Å². The zero-order valence-corrected chi connectivity index (χ0v) is 23.5. The molecule has 2 rings (SSSR count). The van der Waals surface area contributed by atoms with E-state index in [0.717, 1.165) is 21.2 Å². The molecule has 0 bridgehead atoms. The molecule has 0 N–H and O–H groups in total. The van der Waals surface area contributed by atoms with Crippen LogP contribution in [0.3, 0.4) is 0 Å². The van der Waals surface area contributed by atoms with Gasteiger partial charge in [-0.1, -0.05) is 35.7 Å². The Labute approximate surface area is 200 Å². The maximum absolute atomic E-state index is 4.11. The molecule has 2 heterocycles. The van der Waals surface area contributed by atoms with Gasteiger partial charge in [0.25, 0.3) is 0 Å². The van der Waals surface area contributed by atoms with Gasteiger partial charge < -0.3 is 21.1 Å². The maximum Gasteiger partial charge on any atom is 0.174 e. The Balaban J connectivity index is 0.000000483. The summed E-state index contributed by atoms with van der Waals surface area (Å²) >= 11 is 14.5. The first-order valence-corrected chi connectivity index (χ1v) is 12.4. The van der Waals surface area contributed by atoms with Gasteiger partial charge in [-0.25, -0.2) is 0 Å². The fourth-order valence-corrected chi connectivity index (χ4v) is 3.06. The first-order chi connectivity index (χ1) is 12.5. The fourth-order valence-electron chi connectivity index (χ4n) is 1.38. The minimum atomic E-state index is 0. The van der Waals surface area contributed by atoms with Crippen LogP contribution < -0.4 is 0 Å². The van der Waals surface area contributed by atoms with Gasteiger partial charge >= 0.3 is 0 Å². The van der Waals surface area contributed by atoms with Crippen LogP contribution in [0, 0.1) is 0 Å². The second-order valence-corrected chi connectivity index (χ2v) is 9.44. The third kappa shape index (κ3) is 11.4. The predicted octanol–water partition coefficient (Wildman–Crippen LogP) is 5.15. The molecule has 0 unspecified atom stereocenters. The van der Waals surface area contributed by atoms with Gasteiger partial charge in [-0.2, -0.15) is 0 Å². The molecule has 0 aliphatic heterocycles. The average Bonchev–Trinajstić information content (AvgIpc) is 3.37. The molecule has 0 saturated carbocycles. The van der Waals surface area contributed by atoms with Crippen LogP contribution in [0.4, 0.5) is 0 Å². The zero-order valence-electron chi connectivity index (χ0n) is 15.5. The Kier molecular flexibility index (Phi) is 15.6. The molecule has 0 radical (unpaired) electrons. The number of hydrogen-bond acceptors (Lipinski definition) is 6. The van der Waals surface area contributed by atoms with Crippen LogP contribution >= 0.6 is 46.2 Å². The third-order valence-corrected chi connectivity index (χ3v) is 6.82. The van der Waals surface area contributed by atoms with Crippen LogP contribution in [0.5, 0.6) is 0 Å². The Bertz CT molecular complexity index is 677. The Morgan fingerprint density at radius 1 is 0.852 bits per heavy atom. The van der Waals surface area contributed by atoms with E-state index in [2.05, 4.69) is 45.5 Å². The molecule has 11 heteroatoms. The molecule has 0 aromatic carbocycles. The summed E-state index contributed by atoms with van der Waals surface area (Å²) in [6.45, 7) is 3.88. The van der Waals surface area contributed by atoms with Gasteiger partial charge in [-0.3, -0.25) is 0 Å². The van der Waals surface area contributed by atoms with Crippen molar-refractivity contribution in [2.24, 2.45) is 10.2 Å². The molecule has 2 aromatic heterocycles. The van der Waals surface area contributed by atoms with E-state index in [-0.39, 0.29) is 19.5 Å². The van der Waals surface area contributed by atoms with E-state index in [1.54, 1.807) is 22.7 Å². The van der Waals surface area contributed by atoms with Crippen molar-refractivity contribution < 1.29 is 19.5 Å². The topological polar surface area (TPSA) is 52.9 Å². The molecule has 0 fully saturated rings. The number of hydrogen-bond donors (Lipinski definition) is 0. The normalized spacial score (nSPS) is 11.0. The molecule has 27 heavy (non-hydrogen) atoms. The van der Waals surface area contributed by atoms with Crippen molar-refractivity contribution in [3.8, 4) is 0 Å². The summed E-state index contributed by atoms with van der Waals surface area (Å²) < 4.78 is 1.35. The van der Waals surface area contributed by atoms with E-state index >= 15 is 0 Å². The summed E-state index contributed by atoms with van der Waals surface area (Å²) in [6.07, 6.45) is 3.84. The first kappa shape index (κ1) is 26.8. The predicted molar refractivity (Wildman–Crippen MR) is 134 cm³/mol. The molecule has 4 nitrogen and oxygen atoms in total. The quantitative estimate of drug-likeness (QED) is 0.138. The SMILES string of the molecule is CSC(=[SH+])[N-]N=C(C)c1cccs1.CSC(=[SH+])[N-]N=C(C)c1cccs1.[Zn]. The Morgan fingerprint density at radius 2 is 1.22 bits per heavy atom. The van der Waals surface area contributed by atoms with Crippen LogP contribution in [0.25, 0.3) is 10.9 Å². The van der Waals surface area contributed by atoms with E-state index < -0.39 is 0 Å². The molecular formula is C16H20N4S6Zn. The van der Waals surface area contributed by atoms with Crippen molar-refractivity contribution >= 4 is 90.7 Å². The minimum absolute atomic E-state index is 0. The molecule has 0 aliphatic rings. The van der Waals surface area contributed by atoms with Gasteiger partial charge in [0.05, 0.1) is 0 Å². The zero-order chi connectivity index (χ0) is 19.4. The van der Waals surface area contributed by atoms with Crippen LogP contribution in [0.2, 0.25) is 0 Å². The molecule has 2 aromatic rings. The summed E-state index contributed by atoms with van der Waals surface area (Å²) in [6, 6.07) is 8.05. The van der Waals surface area contributed by atoms with Crippen molar-refractivity contribution in [1.82, 2.24) is 0 Å². The second kappa shape index (κ2) is 15.7. The van der Waals surface area contributed by atoms with Gasteiger partial charge in [-0.15, -0.1) is 22.7 Å². The molecule has 0 saturated heterocycles. The maximum atomic E-state index is 4.11. The minimum Gasteiger partial charge on any atom is -0.519 e. The molecule has 0 spiro atoms. The van der Waals surface area contributed by atoms with Crippen molar-refractivity contribution in [3.63, 3.8) is 0 Å². The summed E-state index contributed by atoms with van der Waals surface area (Å²) in [7, 11) is 0. The average molecular weight is 526 g/mol. The van der Waals surface area contributed by atoms with Gasteiger partial charge in [0.15, 0.2) is 33.1 Å². The summed E-state index contributed by atoms with van der Waals surface area (Å²) in [5.74, 6) is 0. The fraction of sp³-hybridized carbons (Fsp3) is 0.250. The van der Waals surface area contributed by atoms with Crippen molar-refractivity contribution in [3.05, 3.63) is 55.6 Å². The second-order valence-electron chi connectivity index (χ2n) is 4.50. The molecule has 142 valence electrons. The van der Waals surface area contributed by atoms with Crippen molar-refractivity contribution in [2.75, 3.05) is 12.5 Å². The largest absolute Gasteiger partial charge is 0.519 e. The van der Waals surface area contributed by atoms with E-state index in [1.165, 1.54) is 23.5 Å². The van der Waals surface area contributed by atoms with E-state index in [0.29, 0.717) is 8.64 Å². The molecular weight excluding hydrogens is 506 g/mol. The summed E-state index contributed by atoms with van der Waals surface area (Å²) in [5.41, 5.74) is 9.73. The van der Waals surface area contributed by atoms with Crippen molar-refractivity contribution in [1.29, 1.82) is 0 Å². The number of thioether (sulfide) groups is 2. The van der Waals surface area contributed by atoms with Gasteiger partial charge in [0.2, 0.25) is 0 Å². The Hall–Kier alpha value is -0.157. The first-order valence-electron chi connectivity index (χ1n) is 7.26. The molecule has 0 aliphatic carbocycles. The number of thiol groups is 2. The Morgan fingerprint density at radius 3 is 1.48 bits per heavy atom. The summed E-state index contributed by atoms with van der Waals surface area (Å²) in [5, 5.41) is 12.2. The van der Waals surface area contributed by atoms with E-state index in [9.17, 15) is 0 Å². The van der Waals surface area contributed by atoms with Crippen LogP contribution in [-0.2, 0) is 43.9 Å². The third-order valence-electron chi connectivity index (χ3n) is 2.69. The smallest absolute Gasteiger partial charge is 0.174 e. The monoisotopic (exact) mass is 524 g/mol. The van der Waals surface area contributed by atoms with Gasteiger partial charge in [0.1, 0.15) is 0 Å². The standard InChI is InChI=1S/2C8H10N2S3.Zn/c2*1-6(7-4-3-5-13-7)9-10-8(11)12-2;/h2*3-5H,1-2H3,(H,10,11);. The van der Waals surface area contributed by atoms with Crippen molar-refractivity contribution in [2.45, 2.75) is 13.8 Å². The number of rotatable bonds is 4. The summed E-state index contributed by atoms with van der Waals surface area (Å²) in [4.78, 5) is 2.29. The van der Waals surface area contributed by atoms with Crippen LogP contribution in [0.15, 0.2) is 45.2 Å². The molecule has 0 atom stereocenters. The van der Waals surface area contributed by atoms with Gasteiger partial charge in [0, 0.05) is 40.7 Å².